The number of halogens is 1. The summed E-state index contributed by atoms with van der Waals surface area (Å²) in [4.78, 5) is 23.7. The van der Waals surface area contributed by atoms with E-state index in [2.05, 4.69) is 10.6 Å². The molecule has 8 heteroatoms. The van der Waals surface area contributed by atoms with Gasteiger partial charge < -0.3 is 20.1 Å². The summed E-state index contributed by atoms with van der Waals surface area (Å²) in [5.74, 6) is 0.198. The van der Waals surface area contributed by atoms with Crippen LogP contribution < -0.4 is 20.1 Å². The first kappa shape index (κ1) is 24.4. The maximum absolute atomic E-state index is 12.6. The van der Waals surface area contributed by atoms with E-state index in [-0.39, 0.29) is 18.1 Å². The molecular weight excluding hydrogens is 454 g/mol. The van der Waals surface area contributed by atoms with Crippen molar-refractivity contribution < 1.29 is 19.1 Å². The number of carbonyl (C=O) groups excluding carboxylic acids is 2. The molecule has 0 atom stereocenters. The Kier molecular flexibility index (Phi) is 8.27. The van der Waals surface area contributed by atoms with Crippen LogP contribution in [-0.2, 0) is 16.2 Å². The number of amides is 2. The molecule has 34 heavy (non-hydrogen) atoms. The molecular formula is C26H22ClN3O4. The minimum absolute atomic E-state index is 0.0854. The molecule has 7 nitrogen and oxygen atoms in total. The van der Waals surface area contributed by atoms with Crippen LogP contribution in [0.1, 0.15) is 18.1 Å². The number of hydrogen-bond donors (Lipinski definition) is 2. The quantitative estimate of drug-likeness (QED) is 0.334. The lowest BCUT2D eigenvalue weighted by molar-refractivity contribution is -0.114. The van der Waals surface area contributed by atoms with Crippen molar-refractivity contribution in [2.24, 2.45) is 0 Å². The third-order valence-corrected chi connectivity index (χ3v) is 5.04. The molecule has 0 bridgehead atoms. The van der Waals surface area contributed by atoms with E-state index in [0.717, 1.165) is 5.56 Å². The molecule has 2 amide bonds. The zero-order chi connectivity index (χ0) is 24.5. The molecule has 3 aromatic carbocycles. The first-order valence-electron chi connectivity index (χ1n) is 10.2. The highest BCUT2D eigenvalue weighted by Crippen LogP contribution is 2.30. The number of rotatable bonds is 8. The number of anilines is 2. The molecule has 172 valence electrons. The third-order valence-electron chi connectivity index (χ3n) is 4.67. The Morgan fingerprint density at radius 3 is 2.29 bits per heavy atom. The number of benzene rings is 3. The smallest absolute Gasteiger partial charge is 0.266 e. The maximum atomic E-state index is 12.6. The fraction of sp³-hybridized carbons (Fsp3) is 0.115. The van der Waals surface area contributed by atoms with Crippen molar-refractivity contribution in [1.82, 2.24) is 0 Å². The zero-order valence-electron chi connectivity index (χ0n) is 18.6. The summed E-state index contributed by atoms with van der Waals surface area (Å²) >= 11 is 6.17. The molecule has 0 aliphatic carbocycles. The Morgan fingerprint density at radius 2 is 1.68 bits per heavy atom. The Balaban J connectivity index is 1.72. The summed E-state index contributed by atoms with van der Waals surface area (Å²) in [6.45, 7) is 1.67. The topological polar surface area (TPSA) is 100 Å². The summed E-state index contributed by atoms with van der Waals surface area (Å²) in [6.07, 6.45) is 1.46. The van der Waals surface area contributed by atoms with Crippen molar-refractivity contribution in [1.29, 1.82) is 5.26 Å². The number of nitrogens with one attached hydrogen (secondary N) is 2. The van der Waals surface area contributed by atoms with Gasteiger partial charge in [0.15, 0.2) is 11.5 Å². The van der Waals surface area contributed by atoms with Gasteiger partial charge in [-0.25, -0.2) is 0 Å². The molecule has 2 N–H and O–H groups in total. The third kappa shape index (κ3) is 6.61. The Bertz CT molecular complexity index is 1260. The lowest BCUT2D eigenvalue weighted by Crippen LogP contribution is -2.13. The zero-order valence-corrected chi connectivity index (χ0v) is 19.3. The van der Waals surface area contributed by atoms with E-state index in [0.29, 0.717) is 33.5 Å². The van der Waals surface area contributed by atoms with Gasteiger partial charge >= 0.3 is 0 Å². The second-order valence-corrected chi connectivity index (χ2v) is 7.58. The lowest BCUT2D eigenvalue weighted by Gasteiger charge is -2.12. The van der Waals surface area contributed by atoms with Crippen molar-refractivity contribution in [3.63, 3.8) is 0 Å². The molecule has 0 saturated heterocycles. The maximum Gasteiger partial charge on any atom is 0.266 e. The second-order valence-electron chi connectivity index (χ2n) is 7.17. The molecule has 3 aromatic rings. The molecule has 0 aliphatic rings. The summed E-state index contributed by atoms with van der Waals surface area (Å²) in [7, 11) is 1.51. The molecule has 3 rings (SSSR count). The van der Waals surface area contributed by atoms with Gasteiger partial charge in [-0.15, -0.1) is 0 Å². The van der Waals surface area contributed by atoms with Crippen molar-refractivity contribution in [3.05, 3.63) is 88.5 Å². The molecule has 0 spiro atoms. The van der Waals surface area contributed by atoms with Crippen molar-refractivity contribution in [3.8, 4) is 17.6 Å². The molecule has 0 radical (unpaired) electrons. The van der Waals surface area contributed by atoms with E-state index in [1.807, 2.05) is 24.3 Å². The van der Waals surface area contributed by atoms with Gasteiger partial charge in [-0.2, -0.15) is 5.26 Å². The number of carbonyl (C=O) groups is 2. The Labute approximate surface area is 202 Å². The molecule has 0 heterocycles. The van der Waals surface area contributed by atoms with Crippen LogP contribution in [0.4, 0.5) is 11.4 Å². The normalized spacial score (nSPS) is 10.7. The van der Waals surface area contributed by atoms with Crippen LogP contribution in [0.15, 0.2) is 72.3 Å². The van der Waals surface area contributed by atoms with Crippen LogP contribution in [0.5, 0.6) is 11.5 Å². The Hall–Kier alpha value is -4.28. The number of ether oxygens (including phenoxy) is 2. The minimum Gasteiger partial charge on any atom is -0.493 e. The molecule has 0 fully saturated rings. The fourth-order valence-electron chi connectivity index (χ4n) is 3.02. The predicted molar refractivity (Wildman–Crippen MR) is 132 cm³/mol. The number of nitrogens with zero attached hydrogens (tertiary/aromatic N) is 1. The van der Waals surface area contributed by atoms with Gasteiger partial charge in [0.2, 0.25) is 5.91 Å². The van der Waals surface area contributed by atoms with Crippen molar-refractivity contribution in [2.45, 2.75) is 13.5 Å². The molecule has 0 unspecified atom stereocenters. The summed E-state index contributed by atoms with van der Waals surface area (Å²) < 4.78 is 11.3. The van der Waals surface area contributed by atoms with E-state index in [1.165, 1.54) is 20.1 Å². The van der Waals surface area contributed by atoms with Crippen molar-refractivity contribution >= 4 is 40.9 Å². The standard InChI is InChI=1S/C26H22ClN3O4/c1-17(31)29-21-8-10-22(11-9-21)30-26(32)20(15-28)13-18-7-12-24(25(14-18)33-2)34-16-19-5-3-4-6-23(19)27/h3-14H,16H2,1-2H3,(H,29,31)(H,30,32). The van der Waals surface area contributed by atoms with Crippen LogP contribution in [0.3, 0.4) is 0 Å². The van der Waals surface area contributed by atoms with E-state index in [9.17, 15) is 14.9 Å². The van der Waals surface area contributed by atoms with E-state index in [4.69, 9.17) is 21.1 Å². The number of hydrogen-bond acceptors (Lipinski definition) is 5. The van der Waals surface area contributed by atoms with E-state index >= 15 is 0 Å². The monoisotopic (exact) mass is 475 g/mol. The van der Waals surface area contributed by atoms with Crippen LogP contribution in [0, 0.1) is 11.3 Å². The van der Waals surface area contributed by atoms with Crippen molar-refractivity contribution in [2.75, 3.05) is 17.7 Å². The first-order valence-corrected chi connectivity index (χ1v) is 10.6. The summed E-state index contributed by atoms with van der Waals surface area (Å²) in [5, 5.41) is 15.4. The van der Waals surface area contributed by atoms with Gasteiger partial charge in [-0.1, -0.05) is 35.9 Å². The minimum atomic E-state index is -0.562. The first-order chi connectivity index (χ1) is 16.4. The number of methoxy groups -OCH3 is 1. The largest absolute Gasteiger partial charge is 0.493 e. The summed E-state index contributed by atoms with van der Waals surface area (Å²) in [5.41, 5.74) is 2.43. The van der Waals surface area contributed by atoms with Gasteiger partial charge in [0, 0.05) is 28.9 Å². The van der Waals surface area contributed by atoms with Crippen LogP contribution >= 0.6 is 11.6 Å². The molecule has 0 saturated carbocycles. The fourth-order valence-corrected chi connectivity index (χ4v) is 3.21. The van der Waals surface area contributed by atoms with Crippen LogP contribution in [-0.4, -0.2) is 18.9 Å². The SMILES string of the molecule is COc1cc(C=C(C#N)C(=O)Nc2ccc(NC(C)=O)cc2)ccc1OCc1ccccc1Cl. The van der Waals surface area contributed by atoms with Gasteiger partial charge in [0.1, 0.15) is 18.2 Å². The second kappa shape index (κ2) is 11.5. The highest BCUT2D eigenvalue weighted by Gasteiger charge is 2.12. The molecule has 0 aliphatic heterocycles. The highest BCUT2D eigenvalue weighted by atomic mass is 35.5. The van der Waals surface area contributed by atoms with E-state index in [1.54, 1.807) is 48.5 Å². The van der Waals surface area contributed by atoms with E-state index < -0.39 is 5.91 Å². The van der Waals surface area contributed by atoms with Gasteiger partial charge in [0.05, 0.1) is 7.11 Å². The average Bonchev–Trinajstić information content (AvgIpc) is 2.83. The molecule has 0 aromatic heterocycles. The highest BCUT2D eigenvalue weighted by molar-refractivity contribution is 6.31. The van der Waals surface area contributed by atoms with Crippen LogP contribution in [0.2, 0.25) is 5.02 Å². The van der Waals surface area contributed by atoms with Crippen LogP contribution in [0.25, 0.3) is 6.08 Å². The van der Waals surface area contributed by atoms with Gasteiger partial charge in [-0.05, 0) is 54.1 Å². The van der Waals surface area contributed by atoms with Gasteiger partial charge in [-0.3, -0.25) is 9.59 Å². The average molecular weight is 476 g/mol. The predicted octanol–water partition coefficient (Wildman–Crippen LogP) is 5.43. The van der Waals surface area contributed by atoms with Gasteiger partial charge in [0.25, 0.3) is 5.91 Å². The lowest BCUT2D eigenvalue weighted by atomic mass is 10.1. The Morgan fingerprint density at radius 1 is 1.00 bits per heavy atom. The number of nitriles is 1. The summed E-state index contributed by atoms with van der Waals surface area (Å²) in [6, 6.07) is 21.0.